The Balaban J connectivity index is 1.67. The first-order valence-electron chi connectivity index (χ1n) is 9.08. The van der Waals surface area contributed by atoms with Crippen LogP contribution in [0.1, 0.15) is 57.4 Å². The molecular formula is C19H25N3O3. The average Bonchev–Trinajstić information content (AvgIpc) is 3.23. The molecule has 1 heterocycles. The van der Waals surface area contributed by atoms with Gasteiger partial charge in [-0.2, -0.15) is 5.01 Å². The average molecular weight is 343 g/mol. The summed E-state index contributed by atoms with van der Waals surface area (Å²) in [4.78, 5) is 37.4. The summed E-state index contributed by atoms with van der Waals surface area (Å²) >= 11 is 0. The van der Waals surface area contributed by atoms with E-state index in [0.717, 1.165) is 17.0 Å². The number of rotatable bonds is 6. The van der Waals surface area contributed by atoms with Crippen LogP contribution in [0.15, 0.2) is 30.3 Å². The molecule has 0 bridgehead atoms. The van der Waals surface area contributed by atoms with Crippen LogP contribution in [0.5, 0.6) is 0 Å². The van der Waals surface area contributed by atoms with Crippen molar-refractivity contribution in [1.82, 2.24) is 15.8 Å². The minimum atomic E-state index is -1.11. The van der Waals surface area contributed by atoms with E-state index >= 15 is 0 Å². The van der Waals surface area contributed by atoms with E-state index in [-0.39, 0.29) is 5.91 Å². The third-order valence-electron chi connectivity index (χ3n) is 5.38. The molecule has 1 aliphatic heterocycles. The molecule has 1 atom stereocenters. The van der Waals surface area contributed by atoms with Gasteiger partial charge in [0.2, 0.25) is 5.91 Å². The smallest absolute Gasteiger partial charge is 0.318 e. The third-order valence-corrected chi connectivity index (χ3v) is 5.38. The quantitative estimate of drug-likeness (QED) is 0.780. The van der Waals surface area contributed by atoms with Gasteiger partial charge >= 0.3 is 6.03 Å². The van der Waals surface area contributed by atoms with E-state index in [2.05, 4.69) is 10.7 Å². The Labute approximate surface area is 147 Å². The van der Waals surface area contributed by atoms with Gasteiger partial charge in [0.05, 0.1) is 0 Å². The molecule has 1 saturated heterocycles. The second kappa shape index (κ2) is 7.25. The summed E-state index contributed by atoms with van der Waals surface area (Å²) in [6.45, 7) is 1.84. The van der Waals surface area contributed by atoms with Gasteiger partial charge in [-0.1, -0.05) is 62.9 Å². The maximum atomic E-state index is 12.9. The van der Waals surface area contributed by atoms with Crippen molar-refractivity contribution in [2.24, 2.45) is 5.92 Å². The Morgan fingerprint density at radius 3 is 2.56 bits per heavy atom. The number of carbonyl (C=O) groups excluding carboxylic acids is 3. The van der Waals surface area contributed by atoms with E-state index in [1.165, 1.54) is 25.7 Å². The predicted octanol–water partition coefficient (Wildman–Crippen LogP) is 2.85. The number of imide groups is 1. The molecule has 0 aromatic heterocycles. The Morgan fingerprint density at radius 2 is 1.92 bits per heavy atom. The van der Waals surface area contributed by atoms with Crippen LogP contribution < -0.4 is 10.7 Å². The summed E-state index contributed by atoms with van der Waals surface area (Å²) in [5.74, 6) is -0.122. The number of amides is 4. The highest BCUT2D eigenvalue weighted by molar-refractivity contribution is 6.08. The van der Waals surface area contributed by atoms with Crippen molar-refractivity contribution in [1.29, 1.82) is 0 Å². The highest BCUT2D eigenvalue weighted by Gasteiger charge is 2.52. The molecule has 6 nitrogen and oxygen atoms in total. The fourth-order valence-electron chi connectivity index (χ4n) is 3.85. The second-order valence-electron chi connectivity index (χ2n) is 6.92. The maximum absolute atomic E-state index is 12.9. The molecule has 1 aromatic rings. The summed E-state index contributed by atoms with van der Waals surface area (Å²) in [6.07, 6.45) is 6.37. The van der Waals surface area contributed by atoms with Crippen LogP contribution in [0, 0.1) is 5.92 Å². The van der Waals surface area contributed by atoms with Crippen molar-refractivity contribution < 1.29 is 14.4 Å². The SMILES string of the molecule is CC[C@]1(c2ccccc2)NC(=O)N(NC(=O)CCC2CCCC2)C1=O. The van der Waals surface area contributed by atoms with Crippen molar-refractivity contribution in [3.8, 4) is 0 Å². The Morgan fingerprint density at radius 1 is 1.24 bits per heavy atom. The van der Waals surface area contributed by atoms with Gasteiger partial charge in [-0.25, -0.2) is 4.79 Å². The minimum absolute atomic E-state index is 0.282. The summed E-state index contributed by atoms with van der Waals surface area (Å²) < 4.78 is 0. The number of nitrogens with one attached hydrogen (secondary N) is 2. The van der Waals surface area contributed by atoms with Crippen LogP contribution >= 0.6 is 0 Å². The number of carbonyl (C=O) groups is 3. The lowest BCUT2D eigenvalue weighted by Gasteiger charge is -2.25. The molecule has 2 aliphatic rings. The maximum Gasteiger partial charge on any atom is 0.344 e. The van der Waals surface area contributed by atoms with Crippen LogP contribution in [0.2, 0.25) is 0 Å². The molecule has 0 unspecified atom stereocenters. The molecule has 3 rings (SSSR count). The van der Waals surface area contributed by atoms with Crippen LogP contribution in [-0.2, 0) is 15.1 Å². The number of hydrogen-bond acceptors (Lipinski definition) is 3. The molecular weight excluding hydrogens is 318 g/mol. The van der Waals surface area contributed by atoms with Gasteiger partial charge in [0.15, 0.2) is 0 Å². The monoisotopic (exact) mass is 343 g/mol. The van der Waals surface area contributed by atoms with Crippen LogP contribution in [0.25, 0.3) is 0 Å². The van der Waals surface area contributed by atoms with E-state index in [0.29, 0.717) is 18.8 Å². The van der Waals surface area contributed by atoms with Crippen molar-refractivity contribution >= 4 is 17.8 Å². The van der Waals surface area contributed by atoms with Gasteiger partial charge in [-0.15, -0.1) is 0 Å². The number of hydrogen-bond donors (Lipinski definition) is 2. The minimum Gasteiger partial charge on any atom is -0.318 e. The second-order valence-corrected chi connectivity index (χ2v) is 6.92. The molecule has 6 heteroatoms. The molecule has 25 heavy (non-hydrogen) atoms. The van der Waals surface area contributed by atoms with Crippen molar-refractivity contribution in [3.63, 3.8) is 0 Å². The molecule has 4 amide bonds. The Hall–Kier alpha value is -2.37. The van der Waals surface area contributed by atoms with Gasteiger partial charge in [-0.3, -0.25) is 15.0 Å². The zero-order valence-corrected chi connectivity index (χ0v) is 14.6. The van der Waals surface area contributed by atoms with E-state index in [4.69, 9.17) is 0 Å². The topological polar surface area (TPSA) is 78.5 Å². The summed E-state index contributed by atoms with van der Waals surface area (Å²) in [7, 11) is 0. The van der Waals surface area contributed by atoms with Crippen LogP contribution in [-0.4, -0.2) is 22.9 Å². The van der Waals surface area contributed by atoms with E-state index in [9.17, 15) is 14.4 Å². The number of urea groups is 1. The fourth-order valence-corrected chi connectivity index (χ4v) is 3.85. The summed E-state index contributed by atoms with van der Waals surface area (Å²) in [5, 5.41) is 3.60. The first kappa shape index (κ1) is 17.5. The first-order valence-corrected chi connectivity index (χ1v) is 9.08. The molecule has 0 spiro atoms. The zero-order chi connectivity index (χ0) is 17.9. The van der Waals surface area contributed by atoms with Crippen LogP contribution in [0.4, 0.5) is 4.79 Å². The van der Waals surface area contributed by atoms with Crippen LogP contribution in [0.3, 0.4) is 0 Å². The highest BCUT2D eigenvalue weighted by Crippen LogP contribution is 2.32. The van der Waals surface area contributed by atoms with Crippen molar-refractivity contribution in [3.05, 3.63) is 35.9 Å². The largest absolute Gasteiger partial charge is 0.344 e. The first-order chi connectivity index (χ1) is 12.1. The normalized spacial score (nSPS) is 23.8. The summed E-state index contributed by atoms with van der Waals surface area (Å²) in [5.41, 5.74) is 2.10. The number of benzene rings is 1. The van der Waals surface area contributed by atoms with Gasteiger partial charge in [0.25, 0.3) is 5.91 Å². The molecule has 1 saturated carbocycles. The van der Waals surface area contributed by atoms with Gasteiger partial charge in [0.1, 0.15) is 5.54 Å². The molecule has 2 fully saturated rings. The molecule has 2 N–H and O–H groups in total. The van der Waals surface area contributed by atoms with E-state index < -0.39 is 17.5 Å². The van der Waals surface area contributed by atoms with Gasteiger partial charge in [0, 0.05) is 6.42 Å². The Kier molecular flexibility index (Phi) is 5.06. The standard InChI is InChI=1S/C19H25N3O3/c1-2-19(15-10-4-3-5-11-15)17(24)22(18(25)20-19)21-16(23)13-12-14-8-6-7-9-14/h3-5,10-11,14H,2,6-9,12-13H2,1H3,(H,20,25)(H,21,23)/t19-/m1/s1. The Bertz CT molecular complexity index is 655. The molecule has 134 valence electrons. The van der Waals surface area contributed by atoms with E-state index in [1.807, 2.05) is 37.3 Å². The number of hydrazine groups is 1. The lowest BCUT2D eigenvalue weighted by atomic mass is 9.87. The zero-order valence-electron chi connectivity index (χ0n) is 14.6. The molecule has 1 aliphatic carbocycles. The predicted molar refractivity (Wildman–Crippen MR) is 93.1 cm³/mol. The lowest BCUT2D eigenvalue weighted by molar-refractivity contribution is -0.139. The van der Waals surface area contributed by atoms with Crippen molar-refractivity contribution in [2.75, 3.05) is 0 Å². The highest BCUT2D eigenvalue weighted by atomic mass is 16.2. The lowest BCUT2D eigenvalue weighted by Crippen LogP contribution is -2.48. The molecule has 1 aromatic carbocycles. The number of nitrogens with zero attached hydrogens (tertiary/aromatic N) is 1. The van der Waals surface area contributed by atoms with Gasteiger partial charge in [-0.05, 0) is 24.3 Å². The summed E-state index contributed by atoms with van der Waals surface area (Å²) in [6, 6.07) is 8.56. The third kappa shape index (κ3) is 3.38. The fraction of sp³-hybridized carbons (Fsp3) is 0.526. The van der Waals surface area contributed by atoms with E-state index in [1.54, 1.807) is 0 Å². The molecule has 0 radical (unpaired) electrons. The van der Waals surface area contributed by atoms with Crippen molar-refractivity contribution in [2.45, 2.75) is 57.4 Å². The van der Waals surface area contributed by atoms with Gasteiger partial charge < -0.3 is 5.32 Å².